The smallest absolute Gasteiger partial charge is 0.123 e. The zero-order chi connectivity index (χ0) is 15.5. The van der Waals surface area contributed by atoms with Crippen LogP contribution >= 0.6 is 47.8 Å². The Morgan fingerprint density at radius 1 is 0.905 bits per heavy atom. The Kier molecular flexibility index (Phi) is 5.97. The molecular weight excluding hydrogens is 470 g/mol. The monoisotopic (exact) mass is 480 g/mol. The Morgan fingerprint density at radius 2 is 1.57 bits per heavy atom. The molecule has 2 aromatic carbocycles. The van der Waals surface area contributed by atoms with Crippen LogP contribution in [-0.4, -0.2) is 10.7 Å². The number of benzene rings is 2. The highest BCUT2D eigenvalue weighted by molar-refractivity contribution is 9.10. The van der Waals surface area contributed by atoms with Crippen LogP contribution in [-0.2, 0) is 11.8 Å². The lowest BCUT2D eigenvalue weighted by molar-refractivity contribution is 0.537. The van der Waals surface area contributed by atoms with Gasteiger partial charge < -0.3 is 0 Å². The third-order valence-electron chi connectivity index (χ3n) is 3.49. The maximum atomic E-state index is 13.6. The first-order valence-electron chi connectivity index (χ1n) is 6.33. The quantitative estimate of drug-likeness (QED) is 0.459. The van der Waals surface area contributed by atoms with Crippen molar-refractivity contribution in [3.05, 3.63) is 69.7 Å². The molecule has 0 heterocycles. The molecule has 0 radical (unpaired) electrons. The Labute approximate surface area is 148 Å². The molecule has 2 rings (SSSR count). The van der Waals surface area contributed by atoms with Gasteiger partial charge in [-0.1, -0.05) is 59.9 Å². The Balaban J connectivity index is 2.45. The van der Waals surface area contributed by atoms with Gasteiger partial charge in [-0.15, -0.1) is 0 Å². The molecule has 112 valence electrons. The third-order valence-corrected chi connectivity index (χ3v) is 6.41. The SMILES string of the molecule is Fc1cccc(C(CBr)(CBr)Cc2cc(F)ccc2Br)c1. The number of rotatable bonds is 5. The van der Waals surface area contributed by atoms with E-state index in [2.05, 4.69) is 47.8 Å². The van der Waals surface area contributed by atoms with E-state index in [1.807, 2.05) is 6.07 Å². The zero-order valence-corrected chi connectivity index (χ0v) is 15.8. The second-order valence-electron chi connectivity index (χ2n) is 4.97. The van der Waals surface area contributed by atoms with Gasteiger partial charge in [0.05, 0.1) is 0 Å². The normalized spacial score (nSPS) is 11.7. The van der Waals surface area contributed by atoms with Crippen LogP contribution in [0.5, 0.6) is 0 Å². The summed E-state index contributed by atoms with van der Waals surface area (Å²) in [4.78, 5) is 0. The second-order valence-corrected chi connectivity index (χ2v) is 6.95. The topological polar surface area (TPSA) is 0 Å². The Bertz CT molecular complexity index is 625. The number of hydrogen-bond donors (Lipinski definition) is 0. The van der Waals surface area contributed by atoms with Crippen molar-refractivity contribution in [2.75, 3.05) is 10.7 Å². The minimum Gasteiger partial charge on any atom is -0.207 e. The average molecular weight is 483 g/mol. The van der Waals surface area contributed by atoms with Gasteiger partial charge in [-0.2, -0.15) is 0 Å². The molecule has 0 saturated carbocycles. The first-order chi connectivity index (χ1) is 10.0. The standard InChI is InChI=1S/C16H13Br3F2/c17-9-16(10-18,12-2-1-3-13(20)7-12)8-11-6-14(21)4-5-15(11)19/h1-7H,8-10H2. The van der Waals surface area contributed by atoms with Crippen molar-refractivity contribution < 1.29 is 8.78 Å². The van der Waals surface area contributed by atoms with Crippen molar-refractivity contribution in [3.63, 3.8) is 0 Å². The molecule has 21 heavy (non-hydrogen) atoms. The summed E-state index contributed by atoms with van der Waals surface area (Å²) in [6.45, 7) is 0. The molecule has 2 aromatic rings. The van der Waals surface area contributed by atoms with Gasteiger partial charge in [0.25, 0.3) is 0 Å². The fourth-order valence-corrected chi connectivity index (χ4v) is 4.61. The van der Waals surface area contributed by atoms with Gasteiger partial charge in [0, 0.05) is 20.5 Å². The molecule has 0 aromatic heterocycles. The van der Waals surface area contributed by atoms with Crippen LogP contribution in [0, 0.1) is 11.6 Å². The van der Waals surface area contributed by atoms with Gasteiger partial charge in [-0.3, -0.25) is 0 Å². The van der Waals surface area contributed by atoms with E-state index < -0.39 is 0 Å². The van der Waals surface area contributed by atoms with E-state index in [-0.39, 0.29) is 17.0 Å². The third kappa shape index (κ3) is 3.93. The first kappa shape index (κ1) is 17.1. The maximum Gasteiger partial charge on any atom is 0.123 e. The molecule has 0 saturated heterocycles. The second kappa shape index (κ2) is 7.34. The van der Waals surface area contributed by atoms with Crippen molar-refractivity contribution in [2.24, 2.45) is 0 Å². The van der Waals surface area contributed by atoms with Gasteiger partial charge in [0.15, 0.2) is 0 Å². The summed E-state index contributed by atoms with van der Waals surface area (Å²) < 4.78 is 27.9. The fraction of sp³-hybridized carbons (Fsp3) is 0.250. The van der Waals surface area contributed by atoms with E-state index in [0.717, 1.165) is 15.6 Å². The predicted octanol–water partition coefficient (Wildman–Crippen LogP) is 6.00. The molecule has 0 spiro atoms. The van der Waals surface area contributed by atoms with Crippen LogP contribution in [0.3, 0.4) is 0 Å². The summed E-state index contributed by atoms with van der Waals surface area (Å²) in [7, 11) is 0. The summed E-state index contributed by atoms with van der Waals surface area (Å²) in [6, 6.07) is 11.2. The molecule has 0 N–H and O–H groups in total. The highest BCUT2D eigenvalue weighted by Gasteiger charge is 2.31. The minimum atomic E-state index is -0.349. The summed E-state index contributed by atoms with van der Waals surface area (Å²) >= 11 is 10.5. The van der Waals surface area contributed by atoms with Crippen LogP contribution < -0.4 is 0 Å². The summed E-state index contributed by atoms with van der Waals surface area (Å²) in [6.07, 6.45) is 0.589. The molecule has 0 bridgehead atoms. The molecule has 0 aliphatic carbocycles. The van der Waals surface area contributed by atoms with Crippen LogP contribution in [0.25, 0.3) is 0 Å². The molecule has 0 atom stereocenters. The Morgan fingerprint density at radius 3 is 2.19 bits per heavy atom. The van der Waals surface area contributed by atoms with Crippen LogP contribution in [0.4, 0.5) is 8.78 Å². The summed E-state index contributed by atoms with van der Waals surface area (Å²) in [5.41, 5.74) is 1.39. The van der Waals surface area contributed by atoms with Crippen LogP contribution in [0.1, 0.15) is 11.1 Å². The number of alkyl halides is 2. The van der Waals surface area contributed by atoms with Crippen LogP contribution in [0.2, 0.25) is 0 Å². The average Bonchev–Trinajstić information content (AvgIpc) is 2.48. The number of halogens is 5. The lowest BCUT2D eigenvalue weighted by atomic mass is 9.79. The first-order valence-corrected chi connectivity index (χ1v) is 9.36. The molecule has 0 aliphatic rings. The van der Waals surface area contributed by atoms with Gasteiger partial charge >= 0.3 is 0 Å². The van der Waals surface area contributed by atoms with Crippen molar-refractivity contribution in [2.45, 2.75) is 11.8 Å². The van der Waals surface area contributed by atoms with Crippen molar-refractivity contribution in [1.29, 1.82) is 0 Å². The van der Waals surface area contributed by atoms with E-state index in [9.17, 15) is 8.78 Å². The lowest BCUT2D eigenvalue weighted by Crippen LogP contribution is -2.33. The van der Waals surface area contributed by atoms with E-state index in [4.69, 9.17) is 0 Å². The van der Waals surface area contributed by atoms with Crippen molar-refractivity contribution in [1.82, 2.24) is 0 Å². The van der Waals surface area contributed by atoms with E-state index in [1.165, 1.54) is 24.3 Å². The fourth-order valence-electron chi connectivity index (χ4n) is 2.25. The molecule has 0 fully saturated rings. The highest BCUT2D eigenvalue weighted by Crippen LogP contribution is 2.35. The van der Waals surface area contributed by atoms with E-state index in [1.54, 1.807) is 12.1 Å². The molecule has 0 nitrogen and oxygen atoms in total. The largest absolute Gasteiger partial charge is 0.207 e. The van der Waals surface area contributed by atoms with Crippen molar-refractivity contribution >= 4 is 47.8 Å². The van der Waals surface area contributed by atoms with Gasteiger partial charge in [0.2, 0.25) is 0 Å². The molecule has 0 aliphatic heterocycles. The Hall–Kier alpha value is -0.260. The molecule has 0 amide bonds. The van der Waals surface area contributed by atoms with Gasteiger partial charge in [-0.05, 0) is 47.9 Å². The lowest BCUT2D eigenvalue weighted by Gasteiger charge is -2.31. The van der Waals surface area contributed by atoms with E-state index in [0.29, 0.717) is 17.1 Å². The van der Waals surface area contributed by atoms with Crippen LogP contribution in [0.15, 0.2) is 46.9 Å². The van der Waals surface area contributed by atoms with Crippen molar-refractivity contribution in [3.8, 4) is 0 Å². The molecule has 5 heteroatoms. The molecule has 0 unspecified atom stereocenters. The van der Waals surface area contributed by atoms with E-state index >= 15 is 0 Å². The predicted molar refractivity (Wildman–Crippen MR) is 93.5 cm³/mol. The number of hydrogen-bond acceptors (Lipinski definition) is 0. The van der Waals surface area contributed by atoms with Gasteiger partial charge in [-0.25, -0.2) is 8.78 Å². The van der Waals surface area contributed by atoms with Gasteiger partial charge in [0.1, 0.15) is 11.6 Å². The zero-order valence-electron chi connectivity index (χ0n) is 11.1. The summed E-state index contributed by atoms with van der Waals surface area (Å²) in [5.74, 6) is -0.539. The summed E-state index contributed by atoms with van der Waals surface area (Å²) in [5, 5.41) is 1.27. The molecular formula is C16H13Br3F2. The maximum absolute atomic E-state index is 13.6. The highest BCUT2D eigenvalue weighted by atomic mass is 79.9. The minimum absolute atomic E-state index is 0.267.